The van der Waals surface area contributed by atoms with Crippen molar-refractivity contribution in [2.75, 3.05) is 6.61 Å². The van der Waals surface area contributed by atoms with E-state index in [1.54, 1.807) is 6.92 Å². The molecule has 1 N–H and O–H groups in total. The molecular weight excluding hydrogens is 355 g/mol. The van der Waals surface area contributed by atoms with Crippen LogP contribution in [0.4, 0.5) is 13.2 Å². The third-order valence-electron chi connectivity index (χ3n) is 3.53. The zero-order chi connectivity index (χ0) is 18.0. The van der Waals surface area contributed by atoms with Gasteiger partial charge in [-0.15, -0.1) is 0 Å². The lowest BCUT2D eigenvalue weighted by Gasteiger charge is -2.13. The van der Waals surface area contributed by atoms with E-state index < -0.39 is 12.8 Å². The topological polar surface area (TPSA) is 64.8 Å². The molecule has 0 unspecified atom stereocenters. The molecule has 2 heterocycles. The minimum atomic E-state index is -4.43. The smallest absolute Gasteiger partial charge is 0.422 e. The summed E-state index contributed by atoms with van der Waals surface area (Å²) in [6, 6.07) is 8.74. The summed E-state index contributed by atoms with van der Waals surface area (Å²) in [5.41, 5.74) is 2.38. The van der Waals surface area contributed by atoms with E-state index in [0.717, 1.165) is 17.2 Å². The van der Waals surface area contributed by atoms with Crippen LogP contribution >= 0.6 is 11.8 Å². The summed E-state index contributed by atoms with van der Waals surface area (Å²) < 4.78 is 42.4. The van der Waals surface area contributed by atoms with Crippen molar-refractivity contribution in [3.8, 4) is 5.75 Å². The molecule has 132 valence electrons. The number of para-hydroxylation sites is 2. The van der Waals surface area contributed by atoms with Crippen LogP contribution in [0, 0.1) is 12.1 Å². The number of hydrogen-bond acceptors (Lipinski definition) is 4. The van der Waals surface area contributed by atoms with Gasteiger partial charge in [0.2, 0.25) is 5.69 Å². The van der Waals surface area contributed by atoms with E-state index in [1.807, 2.05) is 24.3 Å². The van der Waals surface area contributed by atoms with Gasteiger partial charge < -0.3 is 14.9 Å². The number of pyridine rings is 1. The second kappa shape index (κ2) is 6.83. The number of thioether (sulfide) groups is 1. The van der Waals surface area contributed by atoms with Crippen molar-refractivity contribution in [2.24, 2.45) is 0 Å². The normalized spacial score (nSPS) is 11.8. The molecular formula is C16H14F3N3O2S. The number of aromatic nitrogens is 3. The van der Waals surface area contributed by atoms with Crippen molar-refractivity contribution in [3.63, 3.8) is 0 Å². The molecule has 0 aliphatic heterocycles. The van der Waals surface area contributed by atoms with Crippen LogP contribution in [0.3, 0.4) is 0 Å². The molecule has 0 bridgehead atoms. The van der Waals surface area contributed by atoms with Crippen LogP contribution in [0.2, 0.25) is 0 Å². The van der Waals surface area contributed by atoms with E-state index in [4.69, 9.17) is 4.74 Å². The Labute approximate surface area is 145 Å². The fourth-order valence-electron chi connectivity index (χ4n) is 2.28. The zero-order valence-electron chi connectivity index (χ0n) is 13.1. The summed E-state index contributed by atoms with van der Waals surface area (Å²) >= 11 is 1.29. The minimum Gasteiger partial charge on any atom is -0.618 e. The first kappa shape index (κ1) is 17.4. The lowest BCUT2D eigenvalue weighted by Crippen LogP contribution is -2.32. The molecule has 0 atom stereocenters. The van der Waals surface area contributed by atoms with E-state index in [2.05, 4.69) is 9.97 Å². The Morgan fingerprint density at radius 2 is 2.04 bits per heavy atom. The van der Waals surface area contributed by atoms with Gasteiger partial charge in [0.1, 0.15) is 5.75 Å². The molecule has 0 radical (unpaired) electrons. The van der Waals surface area contributed by atoms with Crippen LogP contribution in [-0.4, -0.2) is 22.8 Å². The predicted molar refractivity (Wildman–Crippen MR) is 87.3 cm³/mol. The molecule has 5 nitrogen and oxygen atoms in total. The van der Waals surface area contributed by atoms with Crippen LogP contribution in [0.5, 0.6) is 5.75 Å². The van der Waals surface area contributed by atoms with Crippen molar-refractivity contribution in [1.82, 2.24) is 9.97 Å². The third kappa shape index (κ3) is 4.16. The van der Waals surface area contributed by atoms with Crippen molar-refractivity contribution in [1.29, 1.82) is 0 Å². The Balaban J connectivity index is 1.77. The van der Waals surface area contributed by atoms with Crippen molar-refractivity contribution < 1.29 is 22.6 Å². The highest BCUT2D eigenvalue weighted by Crippen LogP contribution is 2.27. The molecule has 0 saturated carbocycles. The van der Waals surface area contributed by atoms with Gasteiger partial charge in [-0.25, -0.2) is 4.98 Å². The van der Waals surface area contributed by atoms with Crippen molar-refractivity contribution in [3.05, 3.63) is 53.0 Å². The van der Waals surface area contributed by atoms with Crippen molar-refractivity contribution >= 4 is 22.8 Å². The average molecular weight is 369 g/mol. The first-order chi connectivity index (χ1) is 11.8. The fraction of sp³-hybridized carbons (Fsp3) is 0.250. The van der Waals surface area contributed by atoms with Gasteiger partial charge >= 0.3 is 6.18 Å². The molecule has 0 spiro atoms. The summed E-state index contributed by atoms with van der Waals surface area (Å²) in [5.74, 6) is 0.294. The largest absolute Gasteiger partial charge is 0.618 e. The number of aromatic amines is 1. The van der Waals surface area contributed by atoms with E-state index in [-0.39, 0.29) is 11.5 Å². The highest BCUT2D eigenvalue weighted by molar-refractivity contribution is 7.98. The predicted octanol–water partition coefficient (Wildman–Crippen LogP) is 3.74. The van der Waals surface area contributed by atoms with Crippen LogP contribution in [0.15, 0.2) is 41.7 Å². The molecule has 0 fully saturated rings. The first-order valence-corrected chi connectivity index (χ1v) is 8.31. The maximum absolute atomic E-state index is 12.3. The van der Waals surface area contributed by atoms with E-state index >= 15 is 0 Å². The Morgan fingerprint density at radius 1 is 1.28 bits per heavy atom. The number of benzene rings is 1. The Kier molecular flexibility index (Phi) is 4.76. The van der Waals surface area contributed by atoms with E-state index in [1.165, 1.54) is 17.8 Å². The second-order valence-electron chi connectivity index (χ2n) is 5.33. The average Bonchev–Trinajstić information content (AvgIpc) is 2.96. The van der Waals surface area contributed by atoms with Gasteiger partial charge in [-0.1, -0.05) is 23.9 Å². The van der Waals surface area contributed by atoms with Crippen LogP contribution in [0.1, 0.15) is 11.3 Å². The Bertz CT molecular complexity index is 863. The molecule has 0 aliphatic carbocycles. The maximum Gasteiger partial charge on any atom is 0.422 e. The lowest BCUT2D eigenvalue weighted by molar-refractivity contribution is -0.613. The van der Waals surface area contributed by atoms with Gasteiger partial charge in [-0.05, 0) is 19.1 Å². The number of fused-ring (bicyclic) bond motifs is 1. The summed E-state index contributed by atoms with van der Waals surface area (Å²) in [7, 11) is 0. The zero-order valence-corrected chi connectivity index (χ0v) is 13.9. The molecule has 0 amide bonds. The highest BCUT2D eigenvalue weighted by Gasteiger charge is 2.29. The number of rotatable bonds is 5. The number of H-pyrrole nitrogens is 1. The van der Waals surface area contributed by atoms with Gasteiger partial charge in [0, 0.05) is 6.07 Å². The summed E-state index contributed by atoms with van der Waals surface area (Å²) in [5, 5.41) is 12.6. The lowest BCUT2D eigenvalue weighted by atomic mass is 10.2. The van der Waals surface area contributed by atoms with E-state index in [0.29, 0.717) is 21.1 Å². The quantitative estimate of drug-likeness (QED) is 0.423. The minimum absolute atomic E-state index is 0.0460. The number of hydrogen-bond donors (Lipinski definition) is 1. The molecule has 9 heteroatoms. The molecule has 0 aliphatic rings. The van der Waals surface area contributed by atoms with Gasteiger partial charge in [0.15, 0.2) is 18.0 Å². The summed E-state index contributed by atoms with van der Waals surface area (Å²) in [4.78, 5) is 7.52. The number of alkyl halides is 3. The molecule has 1 aromatic carbocycles. The second-order valence-corrected chi connectivity index (χ2v) is 6.29. The van der Waals surface area contributed by atoms with E-state index in [9.17, 15) is 18.4 Å². The number of nitrogens with one attached hydrogen (secondary N) is 1. The molecule has 0 saturated heterocycles. The maximum atomic E-state index is 12.3. The molecule has 2 aromatic heterocycles. The third-order valence-corrected chi connectivity index (χ3v) is 4.42. The van der Waals surface area contributed by atoms with Crippen LogP contribution in [0.25, 0.3) is 11.0 Å². The molecule has 25 heavy (non-hydrogen) atoms. The standard InChI is InChI=1S/C16H14F3N3O2S/c1-10-13(22(23)7-6-14(10)24-9-16(17,18)19)8-25-15-20-11-4-2-3-5-12(11)21-15/h2-7H,8-9H2,1H3,(H,20,21). The van der Waals surface area contributed by atoms with Gasteiger partial charge in [0.25, 0.3) is 0 Å². The molecule has 3 aromatic rings. The van der Waals surface area contributed by atoms with Gasteiger partial charge in [-0.3, -0.25) is 0 Å². The van der Waals surface area contributed by atoms with Gasteiger partial charge in [-0.2, -0.15) is 17.9 Å². The number of halogens is 3. The molecule has 3 rings (SSSR count). The first-order valence-electron chi connectivity index (χ1n) is 7.32. The van der Waals surface area contributed by atoms with Crippen LogP contribution in [-0.2, 0) is 5.75 Å². The number of imidazole rings is 1. The van der Waals surface area contributed by atoms with Gasteiger partial charge in [0.05, 0.1) is 22.3 Å². The summed E-state index contributed by atoms with van der Waals surface area (Å²) in [6.07, 6.45) is -3.29. The van der Waals surface area contributed by atoms with Crippen molar-refractivity contribution in [2.45, 2.75) is 24.0 Å². The Morgan fingerprint density at radius 3 is 2.76 bits per heavy atom. The summed E-state index contributed by atoms with van der Waals surface area (Å²) in [6.45, 7) is 0.168. The van der Waals surface area contributed by atoms with Crippen LogP contribution < -0.4 is 9.47 Å². The fourth-order valence-corrected chi connectivity index (χ4v) is 3.24. The highest BCUT2D eigenvalue weighted by atomic mass is 32.2. The SMILES string of the molecule is Cc1c(OCC(F)(F)F)cc[n+]([O-])c1CSc1nc2ccccc2[nH]1. The number of ether oxygens (including phenoxy) is 1. The monoisotopic (exact) mass is 369 g/mol. The number of nitrogens with zero attached hydrogens (tertiary/aromatic N) is 2. The Hall–Kier alpha value is -2.42.